The number of benzene rings is 2. The summed E-state index contributed by atoms with van der Waals surface area (Å²) in [7, 11) is 0. The molecule has 0 bridgehead atoms. The number of halogens is 1. The second kappa shape index (κ2) is 6.87. The Kier molecular flexibility index (Phi) is 4.18. The number of carbonyl (C=O) groups excluding carboxylic acids is 1. The molecule has 0 unspecified atom stereocenters. The number of carbonyl (C=O) groups is 1. The molecule has 4 aromatic rings. The van der Waals surface area contributed by atoms with Crippen LogP contribution in [0.1, 0.15) is 33.4 Å². The van der Waals surface area contributed by atoms with Gasteiger partial charge in [-0.05, 0) is 35.9 Å². The molecule has 5 rings (SSSR count). The molecule has 0 aliphatic carbocycles. The molecule has 3 heterocycles. The minimum atomic E-state index is -0.643. The number of para-hydroxylation sites is 1. The number of nitrogens with zero attached hydrogens (tertiary/aromatic N) is 2. The van der Waals surface area contributed by atoms with Crippen LogP contribution in [0.25, 0.3) is 11.0 Å². The maximum Gasteiger partial charge on any atom is 0.291 e. The number of rotatable bonds is 3. The highest BCUT2D eigenvalue weighted by molar-refractivity contribution is 6.31. The molecule has 0 saturated carbocycles. The molecule has 6 heteroatoms. The molecular weight excluding hydrogens is 388 g/mol. The van der Waals surface area contributed by atoms with Crippen LogP contribution in [-0.4, -0.2) is 15.8 Å². The Morgan fingerprint density at radius 1 is 0.966 bits per heavy atom. The van der Waals surface area contributed by atoms with Gasteiger partial charge in [0.05, 0.1) is 16.6 Å². The predicted octanol–water partition coefficient (Wildman–Crippen LogP) is 4.59. The SMILES string of the molecule is O=C1c2oc3ccccc3c(=O)c2[C@@H](c2ccccn2)N1Cc1ccccc1Cl. The van der Waals surface area contributed by atoms with Gasteiger partial charge < -0.3 is 9.32 Å². The van der Waals surface area contributed by atoms with Crippen LogP contribution in [0.4, 0.5) is 0 Å². The highest BCUT2D eigenvalue weighted by Gasteiger charge is 2.43. The van der Waals surface area contributed by atoms with Crippen molar-refractivity contribution in [2.24, 2.45) is 0 Å². The summed E-state index contributed by atoms with van der Waals surface area (Å²) in [5, 5.41) is 1.00. The van der Waals surface area contributed by atoms with Crippen molar-refractivity contribution in [2.45, 2.75) is 12.6 Å². The molecule has 1 atom stereocenters. The summed E-state index contributed by atoms with van der Waals surface area (Å²) in [6.07, 6.45) is 1.65. The molecule has 2 aromatic heterocycles. The van der Waals surface area contributed by atoms with E-state index >= 15 is 0 Å². The largest absolute Gasteiger partial charge is 0.450 e. The van der Waals surface area contributed by atoms with Crippen LogP contribution in [-0.2, 0) is 6.54 Å². The lowest BCUT2D eigenvalue weighted by Gasteiger charge is -2.24. The molecule has 5 nitrogen and oxygen atoms in total. The number of hydrogen-bond donors (Lipinski definition) is 0. The van der Waals surface area contributed by atoms with Gasteiger partial charge in [0, 0.05) is 17.8 Å². The topological polar surface area (TPSA) is 63.4 Å². The fourth-order valence-corrected chi connectivity index (χ4v) is 3.98. The first-order valence-electron chi connectivity index (χ1n) is 9.16. The highest BCUT2D eigenvalue weighted by atomic mass is 35.5. The van der Waals surface area contributed by atoms with Gasteiger partial charge in [-0.1, -0.05) is 48.0 Å². The van der Waals surface area contributed by atoms with Gasteiger partial charge >= 0.3 is 0 Å². The fourth-order valence-electron chi connectivity index (χ4n) is 3.79. The maximum absolute atomic E-state index is 13.3. The van der Waals surface area contributed by atoms with Gasteiger partial charge in [-0.15, -0.1) is 0 Å². The molecule has 1 aliphatic rings. The Bertz CT molecular complexity index is 1300. The van der Waals surface area contributed by atoms with Crippen molar-refractivity contribution in [3.8, 4) is 0 Å². The van der Waals surface area contributed by atoms with Crippen LogP contribution in [0.2, 0.25) is 5.02 Å². The van der Waals surface area contributed by atoms with Gasteiger partial charge in [-0.2, -0.15) is 0 Å². The molecule has 29 heavy (non-hydrogen) atoms. The minimum Gasteiger partial charge on any atom is -0.450 e. The Balaban J connectivity index is 1.74. The van der Waals surface area contributed by atoms with Crippen molar-refractivity contribution in [1.82, 2.24) is 9.88 Å². The van der Waals surface area contributed by atoms with E-state index in [0.29, 0.717) is 27.2 Å². The average molecular weight is 403 g/mol. The third kappa shape index (κ3) is 2.82. The third-order valence-corrected chi connectivity index (χ3v) is 5.51. The summed E-state index contributed by atoms with van der Waals surface area (Å²) < 4.78 is 5.90. The Hall–Kier alpha value is -3.44. The van der Waals surface area contributed by atoms with Gasteiger partial charge in [0.1, 0.15) is 11.6 Å². The fraction of sp³-hybridized carbons (Fsp3) is 0.0870. The summed E-state index contributed by atoms with van der Waals surface area (Å²) in [5.41, 5.74) is 1.89. The van der Waals surface area contributed by atoms with Crippen molar-refractivity contribution in [2.75, 3.05) is 0 Å². The van der Waals surface area contributed by atoms with E-state index in [2.05, 4.69) is 4.98 Å². The van der Waals surface area contributed by atoms with Gasteiger partial charge in [-0.25, -0.2) is 0 Å². The standard InChI is InChI=1S/C23H15ClN2O3/c24-16-9-3-1-7-14(16)13-26-20(17-10-5-6-12-25-17)19-21(27)15-8-2-4-11-18(15)29-22(19)23(26)28/h1-12,20H,13H2/t20-/m1/s1. The summed E-state index contributed by atoms with van der Waals surface area (Å²) in [5.74, 6) is -0.283. The second-order valence-electron chi connectivity index (χ2n) is 6.85. The van der Waals surface area contributed by atoms with E-state index in [4.69, 9.17) is 16.0 Å². The lowest BCUT2D eigenvalue weighted by molar-refractivity contribution is 0.0712. The van der Waals surface area contributed by atoms with E-state index < -0.39 is 6.04 Å². The Labute approximate surface area is 171 Å². The Morgan fingerprint density at radius 3 is 2.52 bits per heavy atom. The summed E-state index contributed by atoms with van der Waals surface area (Å²) in [4.78, 5) is 32.7. The van der Waals surface area contributed by atoms with Gasteiger partial charge in [0.25, 0.3) is 5.91 Å². The summed E-state index contributed by atoms with van der Waals surface area (Å²) >= 11 is 6.33. The molecule has 0 spiro atoms. The van der Waals surface area contributed by atoms with E-state index in [0.717, 1.165) is 5.56 Å². The first kappa shape index (κ1) is 17.6. The molecule has 0 N–H and O–H groups in total. The van der Waals surface area contributed by atoms with Crippen molar-refractivity contribution in [3.05, 3.63) is 111 Å². The quantitative estimate of drug-likeness (QED) is 0.503. The predicted molar refractivity (Wildman–Crippen MR) is 110 cm³/mol. The maximum atomic E-state index is 13.3. The van der Waals surface area contributed by atoms with Crippen LogP contribution >= 0.6 is 11.6 Å². The molecule has 142 valence electrons. The van der Waals surface area contributed by atoms with Crippen molar-refractivity contribution >= 4 is 28.5 Å². The van der Waals surface area contributed by atoms with Crippen LogP contribution in [0.3, 0.4) is 0 Å². The first-order chi connectivity index (χ1) is 14.1. The number of pyridine rings is 1. The molecule has 0 saturated heterocycles. The van der Waals surface area contributed by atoms with E-state index in [1.807, 2.05) is 24.3 Å². The minimum absolute atomic E-state index is 0.0661. The molecule has 2 aromatic carbocycles. The average Bonchev–Trinajstić information content (AvgIpc) is 3.03. The van der Waals surface area contributed by atoms with Crippen molar-refractivity contribution in [3.63, 3.8) is 0 Å². The van der Waals surface area contributed by atoms with E-state index in [-0.39, 0.29) is 23.6 Å². The van der Waals surface area contributed by atoms with Gasteiger partial charge in [0.2, 0.25) is 5.76 Å². The van der Waals surface area contributed by atoms with Crippen molar-refractivity contribution < 1.29 is 9.21 Å². The second-order valence-corrected chi connectivity index (χ2v) is 7.26. The summed E-state index contributed by atoms with van der Waals surface area (Å²) in [6, 6.07) is 19.1. The number of aromatic nitrogens is 1. The number of amides is 1. The van der Waals surface area contributed by atoms with Gasteiger partial charge in [-0.3, -0.25) is 14.6 Å². The number of hydrogen-bond acceptors (Lipinski definition) is 4. The van der Waals surface area contributed by atoms with Crippen LogP contribution in [0, 0.1) is 0 Å². The lowest BCUT2D eigenvalue weighted by atomic mass is 10.0. The van der Waals surface area contributed by atoms with E-state index in [9.17, 15) is 9.59 Å². The van der Waals surface area contributed by atoms with Crippen LogP contribution < -0.4 is 5.43 Å². The monoisotopic (exact) mass is 402 g/mol. The van der Waals surface area contributed by atoms with E-state index in [1.165, 1.54) is 0 Å². The zero-order chi connectivity index (χ0) is 20.0. The lowest BCUT2D eigenvalue weighted by Crippen LogP contribution is -2.29. The zero-order valence-electron chi connectivity index (χ0n) is 15.2. The number of fused-ring (bicyclic) bond motifs is 2. The molecule has 1 aliphatic heterocycles. The smallest absolute Gasteiger partial charge is 0.291 e. The van der Waals surface area contributed by atoms with Crippen molar-refractivity contribution in [1.29, 1.82) is 0 Å². The molecule has 0 fully saturated rings. The zero-order valence-corrected chi connectivity index (χ0v) is 16.0. The molecule has 0 radical (unpaired) electrons. The molecule has 1 amide bonds. The molecular formula is C23H15ClN2O3. The Morgan fingerprint density at radius 2 is 1.72 bits per heavy atom. The summed E-state index contributed by atoms with van der Waals surface area (Å²) in [6.45, 7) is 0.236. The highest BCUT2D eigenvalue weighted by Crippen LogP contribution is 2.38. The van der Waals surface area contributed by atoms with Crippen LogP contribution in [0.15, 0.2) is 82.1 Å². The van der Waals surface area contributed by atoms with Crippen LogP contribution in [0.5, 0.6) is 0 Å². The third-order valence-electron chi connectivity index (χ3n) is 5.14. The first-order valence-corrected chi connectivity index (χ1v) is 9.54. The van der Waals surface area contributed by atoms with E-state index in [1.54, 1.807) is 53.6 Å². The normalized spacial score (nSPS) is 15.7. The van der Waals surface area contributed by atoms with Gasteiger partial charge in [0.15, 0.2) is 5.43 Å².